The van der Waals surface area contributed by atoms with Crippen LogP contribution in [0.4, 0.5) is 0 Å². The van der Waals surface area contributed by atoms with Gasteiger partial charge < -0.3 is 9.13 Å². The minimum absolute atomic E-state index is 0.0375. The lowest BCUT2D eigenvalue weighted by Gasteiger charge is -2.35. The van der Waals surface area contributed by atoms with Gasteiger partial charge in [-0.1, -0.05) is 133 Å². The second-order valence-electron chi connectivity index (χ2n) is 18.1. The number of rotatable bonds is 2. The second-order valence-corrected chi connectivity index (χ2v) is 18.1. The minimum atomic E-state index is 0.0375. The monoisotopic (exact) mass is 684 g/mol. The summed E-state index contributed by atoms with van der Waals surface area (Å²) in [5, 5.41) is 4.14. The van der Waals surface area contributed by atoms with Crippen LogP contribution >= 0.6 is 0 Å². The van der Waals surface area contributed by atoms with Gasteiger partial charge >= 0.3 is 0 Å². The molecule has 1 unspecified atom stereocenters. The summed E-state index contributed by atoms with van der Waals surface area (Å²) in [6, 6.07) is 35.5. The van der Waals surface area contributed by atoms with Crippen LogP contribution in [-0.4, -0.2) is 15.8 Å². The summed E-state index contributed by atoms with van der Waals surface area (Å²) < 4.78 is 5.32. The Labute approximate surface area is 313 Å². The molecule has 0 radical (unpaired) electrons. The Balaban J connectivity index is 1.31. The van der Waals surface area contributed by atoms with Crippen LogP contribution in [0.15, 0.2) is 115 Å². The average Bonchev–Trinajstić information content (AvgIpc) is 3.69. The van der Waals surface area contributed by atoms with Crippen molar-refractivity contribution in [1.29, 1.82) is 0 Å². The molecule has 4 aliphatic rings. The minimum Gasteiger partial charge on any atom is -0.311 e. The zero-order chi connectivity index (χ0) is 36.0. The first-order chi connectivity index (χ1) is 25.6. The molecule has 53 heavy (non-hydrogen) atoms. The van der Waals surface area contributed by atoms with E-state index in [-0.39, 0.29) is 17.5 Å². The second kappa shape index (κ2) is 10.7. The maximum Gasteiger partial charge on any atom is 0.252 e. The Morgan fingerprint density at radius 3 is 2.26 bits per heavy atom. The van der Waals surface area contributed by atoms with Crippen LogP contribution in [-0.2, 0) is 11.8 Å². The molecule has 0 spiro atoms. The maximum absolute atomic E-state index is 2.66. The van der Waals surface area contributed by atoms with E-state index in [4.69, 9.17) is 0 Å². The third kappa shape index (κ3) is 4.28. The summed E-state index contributed by atoms with van der Waals surface area (Å²) in [6.07, 6.45) is 15.1. The van der Waals surface area contributed by atoms with Crippen LogP contribution < -0.4 is 16.4 Å². The smallest absolute Gasteiger partial charge is 0.252 e. The third-order valence-corrected chi connectivity index (χ3v) is 13.0. The molecule has 258 valence electrons. The van der Waals surface area contributed by atoms with E-state index in [1.54, 1.807) is 0 Å². The molecule has 2 aromatic heterocycles. The summed E-state index contributed by atoms with van der Waals surface area (Å²) in [7, 11) is 0. The number of hydrogen-bond acceptors (Lipinski definition) is 0. The van der Waals surface area contributed by atoms with Crippen LogP contribution in [0.2, 0.25) is 0 Å². The molecule has 0 saturated heterocycles. The van der Waals surface area contributed by atoms with Crippen molar-refractivity contribution in [3.63, 3.8) is 0 Å². The lowest BCUT2D eigenvalue weighted by molar-refractivity contribution is 0.291. The molecule has 0 N–H and O–H groups in total. The number of para-hydroxylation sites is 1. The molecule has 2 nitrogen and oxygen atoms in total. The molecule has 2 aliphatic carbocycles. The van der Waals surface area contributed by atoms with E-state index in [0.29, 0.717) is 5.92 Å². The van der Waals surface area contributed by atoms with Gasteiger partial charge in [-0.25, -0.2) is 0 Å². The Hall–Kier alpha value is -5.28. The number of benzene rings is 5. The van der Waals surface area contributed by atoms with Gasteiger partial charge in [0.15, 0.2) is 0 Å². The van der Waals surface area contributed by atoms with E-state index in [1.807, 2.05) is 0 Å². The van der Waals surface area contributed by atoms with Crippen molar-refractivity contribution in [2.75, 3.05) is 0 Å². The summed E-state index contributed by atoms with van der Waals surface area (Å²) in [5.41, 5.74) is 20.8. The standard InChI is InChI=1S/C50H45BN2/c1-49(2,3)33-20-24-41-37(28-33)36-18-13-19-39-47(36)52(41)43-26-32(30-14-9-7-10-15-30)27-44-46(43)51(39)40-23-22-35(31-16-11-8-12-17-31)45-38-29-34(50(4,5)6)21-25-42(38)53(44)48(40)45/h7-9,11-14,16-27,29,33H,10,15,28H2,1-6H3. The van der Waals surface area contributed by atoms with E-state index >= 15 is 0 Å². The Kier molecular flexibility index (Phi) is 6.29. The molecule has 1 atom stereocenters. The predicted octanol–water partition coefficient (Wildman–Crippen LogP) is 10.8. The normalized spacial score (nSPS) is 17.1. The van der Waals surface area contributed by atoms with E-state index in [2.05, 4.69) is 172 Å². The van der Waals surface area contributed by atoms with Crippen molar-refractivity contribution in [1.82, 2.24) is 9.13 Å². The van der Waals surface area contributed by atoms with Crippen molar-refractivity contribution in [2.24, 2.45) is 11.3 Å². The molecule has 7 aromatic rings. The molecular weight excluding hydrogens is 639 g/mol. The van der Waals surface area contributed by atoms with Crippen molar-refractivity contribution >= 4 is 67.5 Å². The fourth-order valence-corrected chi connectivity index (χ4v) is 10.2. The van der Waals surface area contributed by atoms with Gasteiger partial charge in [-0.05, 0) is 116 Å². The molecule has 0 saturated carbocycles. The van der Waals surface area contributed by atoms with Gasteiger partial charge in [-0.2, -0.15) is 0 Å². The van der Waals surface area contributed by atoms with E-state index in [1.165, 1.54) is 99.6 Å². The topological polar surface area (TPSA) is 9.86 Å². The molecule has 2 aliphatic heterocycles. The highest BCUT2D eigenvalue weighted by Gasteiger charge is 2.43. The predicted molar refractivity (Wildman–Crippen MR) is 228 cm³/mol. The molecular formula is C50H45BN2. The zero-order valence-corrected chi connectivity index (χ0v) is 31.7. The molecule has 0 amide bonds. The molecule has 4 heterocycles. The van der Waals surface area contributed by atoms with Crippen molar-refractivity contribution < 1.29 is 0 Å². The first-order valence-electron chi connectivity index (χ1n) is 19.6. The van der Waals surface area contributed by atoms with E-state index < -0.39 is 0 Å². The van der Waals surface area contributed by atoms with Gasteiger partial charge in [0, 0.05) is 44.3 Å². The van der Waals surface area contributed by atoms with Crippen LogP contribution in [0.1, 0.15) is 76.8 Å². The number of nitrogens with zero attached hydrogens (tertiary/aromatic N) is 2. The number of hydrogen-bond donors (Lipinski definition) is 0. The molecule has 3 heteroatoms. The first kappa shape index (κ1) is 31.3. The summed E-state index contributed by atoms with van der Waals surface area (Å²) in [6.45, 7) is 14.3. The zero-order valence-electron chi connectivity index (χ0n) is 31.7. The van der Waals surface area contributed by atoms with Crippen LogP contribution in [0.5, 0.6) is 0 Å². The quantitative estimate of drug-likeness (QED) is 0.160. The van der Waals surface area contributed by atoms with E-state index in [9.17, 15) is 0 Å². The fourth-order valence-electron chi connectivity index (χ4n) is 10.2. The van der Waals surface area contributed by atoms with Gasteiger partial charge in [0.2, 0.25) is 0 Å². The van der Waals surface area contributed by atoms with Crippen LogP contribution in [0, 0.1) is 11.3 Å². The van der Waals surface area contributed by atoms with Crippen LogP contribution in [0.25, 0.3) is 66.9 Å². The van der Waals surface area contributed by atoms with Crippen LogP contribution in [0.3, 0.4) is 0 Å². The third-order valence-electron chi connectivity index (χ3n) is 13.0. The maximum atomic E-state index is 2.66. The number of aromatic nitrogens is 2. The molecule has 0 fully saturated rings. The van der Waals surface area contributed by atoms with Gasteiger partial charge in [0.25, 0.3) is 6.71 Å². The first-order valence-corrected chi connectivity index (χ1v) is 19.6. The molecule has 0 bridgehead atoms. The molecule has 11 rings (SSSR count). The lowest BCUT2D eigenvalue weighted by Crippen LogP contribution is -2.59. The van der Waals surface area contributed by atoms with Gasteiger partial charge in [0.1, 0.15) is 0 Å². The average molecular weight is 685 g/mol. The van der Waals surface area contributed by atoms with Gasteiger partial charge in [0.05, 0.1) is 5.52 Å². The lowest BCUT2D eigenvalue weighted by atomic mass is 9.34. The Bertz CT molecular complexity index is 2820. The summed E-state index contributed by atoms with van der Waals surface area (Å²) in [5.74, 6) is 0.501. The largest absolute Gasteiger partial charge is 0.311 e. The number of allylic oxidation sites excluding steroid dienone is 5. The van der Waals surface area contributed by atoms with Crippen molar-refractivity contribution in [3.05, 3.63) is 138 Å². The SMILES string of the molecule is CC(C)(C)c1ccc2c(c1)c1c(-c3ccccc3)ccc3c1n2-c1cc(C2=CC=CCC2)cc2c1B3c1cccc3c4c(n-2c13)C=CC(C(C)(C)C)C4. The highest BCUT2D eigenvalue weighted by Crippen LogP contribution is 2.45. The van der Waals surface area contributed by atoms with Crippen molar-refractivity contribution in [2.45, 2.75) is 66.2 Å². The Morgan fingerprint density at radius 2 is 1.51 bits per heavy atom. The fraction of sp³-hybridized carbons (Fsp3) is 0.240. The summed E-state index contributed by atoms with van der Waals surface area (Å²) >= 11 is 0. The Morgan fingerprint density at radius 1 is 0.717 bits per heavy atom. The summed E-state index contributed by atoms with van der Waals surface area (Å²) in [4.78, 5) is 0. The molecule has 5 aromatic carbocycles. The highest BCUT2D eigenvalue weighted by atomic mass is 15.0. The van der Waals surface area contributed by atoms with Crippen molar-refractivity contribution in [3.8, 4) is 22.5 Å². The highest BCUT2D eigenvalue weighted by molar-refractivity contribution is 7.00. The number of fused-ring (bicyclic) bond motifs is 10. The van der Waals surface area contributed by atoms with Gasteiger partial charge in [-0.3, -0.25) is 0 Å². The van der Waals surface area contributed by atoms with Gasteiger partial charge in [-0.15, -0.1) is 0 Å². The van der Waals surface area contributed by atoms with E-state index in [0.717, 1.165) is 19.3 Å².